The van der Waals surface area contributed by atoms with Gasteiger partial charge in [0.25, 0.3) is 0 Å². The van der Waals surface area contributed by atoms with Crippen molar-refractivity contribution in [2.75, 3.05) is 0 Å². The highest BCUT2D eigenvalue weighted by Gasteiger charge is 2.54. The standard InChI is InChI=1S/C12H12ClF4N3/c1-8-2-4-9(5-3-8)10(19-20-18)6-7-11(14,15)12(13,16)17/h2-5,10H,6-7H2,1H3/t10-/m0/s1. The van der Waals surface area contributed by atoms with Crippen LogP contribution in [0.25, 0.3) is 10.4 Å². The Kier molecular flexibility index (Phi) is 5.25. The van der Waals surface area contributed by atoms with Crippen LogP contribution in [0.1, 0.15) is 30.0 Å². The molecule has 110 valence electrons. The van der Waals surface area contributed by atoms with Crippen LogP contribution in [0.3, 0.4) is 0 Å². The summed E-state index contributed by atoms with van der Waals surface area (Å²) in [7, 11) is 0. The van der Waals surface area contributed by atoms with E-state index in [-0.39, 0.29) is 0 Å². The van der Waals surface area contributed by atoms with Crippen LogP contribution in [-0.2, 0) is 0 Å². The van der Waals surface area contributed by atoms with E-state index in [0.29, 0.717) is 5.56 Å². The van der Waals surface area contributed by atoms with Crippen LogP contribution in [0.4, 0.5) is 17.6 Å². The molecule has 8 heteroatoms. The molecule has 1 aromatic rings. The highest BCUT2D eigenvalue weighted by molar-refractivity contribution is 6.22. The van der Waals surface area contributed by atoms with Crippen molar-refractivity contribution < 1.29 is 17.6 Å². The van der Waals surface area contributed by atoms with E-state index in [1.165, 1.54) is 0 Å². The number of rotatable bonds is 6. The van der Waals surface area contributed by atoms with Gasteiger partial charge in [-0.15, -0.1) is 0 Å². The van der Waals surface area contributed by atoms with Gasteiger partial charge in [-0.3, -0.25) is 0 Å². The van der Waals surface area contributed by atoms with Gasteiger partial charge in [-0.2, -0.15) is 17.6 Å². The van der Waals surface area contributed by atoms with Crippen LogP contribution in [0.15, 0.2) is 29.4 Å². The van der Waals surface area contributed by atoms with Crippen molar-refractivity contribution in [1.29, 1.82) is 0 Å². The first kappa shape index (κ1) is 16.6. The van der Waals surface area contributed by atoms with Crippen molar-refractivity contribution in [1.82, 2.24) is 0 Å². The molecule has 0 saturated carbocycles. The number of azide groups is 1. The largest absolute Gasteiger partial charge is 0.384 e. The molecule has 1 atom stereocenters. The molecule has 0 amide bonds. The van der Waals surface area contributed by atoms with E-state index in [1.54, 1.807) is 24.3 Å². The lowest BCUT2D eigenvalue weighted by Gasteiger charge is -2.22. The fraction of sp³-hybridized carbons (Fsp3) is 0.500. The maximum Gasteiger partial charge on any atom is 0.384 e. The third kappa shape index (κ3) is 4.28. The molecule has 0 saturated heterocycles. The maximum absolute atomic E-state index is 13.1. The Labute approximate surface area is 118 Å². The normalized spacial score (nSPS) is 13.7. The first-order chi connectivity index (χ1) is 9.17. The quantitative estimate of drug-likeness (QED) is 0.216. The van der Waals surface area contributed by atoms with E-state index < -0.39 is 30.2 Å². The number of hydrogen-bond acceptors (Lipinski definition) is 1. The van der Waals surface area contributed by atoms with E-state index >= 15 is 0 Å². The average Bonchev–Trinajstić information content (AvgIpc) is 2.34. The molecule has 0 heterocycles. The number of benzene rings is 1. The van der Waals surface area contributed by atoms with Crippen molar-refractivity contribution in [3.05, 3.63) is 45.8 Å². The number of alkyl halides is 5. The lowest BCUT2D eigenvalue weighted by Crippen LogP contribution is -2.35. The molecule has 0 aliphatic heterocycles. The van der Waals surface area contributed by atoms with Gasteiger partial charge >= 0.3 is 11.3 Å². The molecule has 0 unspecified atom stereocenters. The summed E-state index contributed by atoms with van der Waals surface area (Å²) in [5.74, 6) is -4.36. The van der Waals surface area contributed by atoms with Crippen molar-refractivity contribution in [3.8, 4) is 0 Å². The first-order valence-electron chi connectivity index (χ1n) is 5.72. The zero-order valence-electron chi connectivity index (χ0n) is 10.5. The van der Waals surface area contributed by atoms with E-state index in [2.05, 4.69) is 21.6 Å². The van der Waals surface area contributed by atoms with E-state index in [0.717, 1.165) is 5.56 Å². The van der Waals surface area contributed by atoms with Gasteiger partial charge in [-0.25, -0.2) is 0 Å². The first-order valence-corrected chi connectivity index (χ1v) is 6.10. The zero-order chi connectivity index (χ0) is 15.4. The fourth-order valence-electron chi connectivity index (χ4n) is 1.60. The SMILES string of the molecule is Cc1ccc([C@H](CCC(F)(F)C(F)(F)Cl)N=[N+]=[N-])cc1. The van der Waals surface area contributed by atoms with Gasteiger partial charge in [0, 0.05) is 11.3 Å². The predicted molar refractivity (Wildman–Crippen MR) is 68.0 cm³/mol. The summed E-state index contributed by atoms with van der Waals surface area (Å²) in [6.45, 7) is 1.83. The molecule has 0 radical (unpaired) electrons. The molecule has 0 aliphatic rings. The highest BCUT2D eigenvalue weighted by atomic mass is 35.5. The Balaban J connectivity index is 2.84. The van der Waals surface area contributed by atoms with Gasteiger partial charge in [0.05, 0.1) is 6.04 Å². The van der Waals surface area contributed by atoms with Crippen LogP contribution < -0.4 is 0 Å². The Morgan fingerprint density at radius 1 is 1.25 bits per heavy atom. The molecule has 0 aromatic heterocycles. The molecular formula is C12H12ClF4N3. The van der Waals surface area contributed by atoms with Gasteiger partial charge < -0.3 is 0 Å². The van der Waals surface area contributed by atoms with Gasteiger partial charge in [0.1, 0.15) is 0 Å². The lowest BCUT2D eigenvalue weighted by molar-refractivity contribution is -0.162. The summed E-state index contributed by atoms with van der Waals surface area (Å²) < 4.78 is 51.2. The minimum atomic E-state index is -4.62. The maximum atomic E-state index is 13.1. The molecular weight excluding hydrogens is 298 g/mol. The number of hydrogen-bond donors (Lipinski definition) is 0. The second-order valence-electron chi connectivity index (χ2n) is 4.37. The molecule has 1 rings (SSSR count). The van der Waals surface area contributed by atoms with Gasteiger partial charge in [-0.05, 0) is 36.0 Å². The van der Waals surface area contributed by atoms with Gasteiger partial charge in [-0.1, -0.05) is 34.9 Å². The summed E-state index contributed by atoms with van der Waals surface area (Å²) in [6.07, 6.45) is -1.61. The van der Waals surface area contributed by atoms with Crippen LogP contribution in [-0.4, -0.2) is 11.3 Å². The fourth-order valence-corrected chi connectivity index (χ4v) is 1.70. The molecule has 1 aromatic carbocycles. The summed E-state index contributed by atoms with van der Waals surface area (Å²) in [5, 5.41) is -1.26. The average molecular weight is 310 g/mol. The Morgan fingerprint density at radius 2 is 1.80 bits per heavy atom. The third-order valence-electron chi connectivity index (χ3n) is 2.80. The van der Waals surface area contributed by atoms with E-state index in [9.17, 15) is 17.6 Å². The Hall–Kier alpha value is -1.46. The van der Waals surface area contributed by atoms with Crippen LogP contribution in [0.5, 0.6) is 0 Å². The molecule has 0 fully saturated rings. The number of nitrogens with zero attached hydrogens (tertiary/aromatic N) is 3. The van der Waals surface area contributed by atoms with Crippen molar-refractivity contribution >= 4 is 11.6 Å². The number of halogens is 5. The summed E-state index contributed by atoms with van der Waals surface area (Å²) in [4.78, 5) is 2.56. The Morgan fingerprint density at radius 3 is 2.25 bits per heavy atom. The highest BCUT2D eigenvalue weighted by Crippen LogP contribution is 2.42. The summed E-state index contributed by atoms with van der Waals surface area (Å²) in [6, 6.07) is 5.69. The zero-order valence-corrected chi connectivity index (χ0v) is 11.3. The molecule has 3 nitrogen and oxygen atoms in total. The van der Waals surface area contributed by atoms with Crippen LogP contribution in [0, 0.1) is 6.92 Å². The Bertz CT molecular complexity index is 492. The minimum Gasteiger partial charge on any atom is -0.198 e. The third-order valence-corrected chi connectivity index (χ3v) is 3.08. The van der Waals surface area contributed by atoms with Crippen molar-refractivity contribution in [2.24, 2.45) is 5.11 Å². The van der Waals surface area contributed by atoms with Crippen LogP contribution >= 0.6 is 11.6 Å². The summed E-state index contributed by atoms with van der Waals surface area (Å²) in [5.41, 5.74) is 9.86. The monoisotopic (exact) mass is 309 g/mol. The molecule has 0 aliphatic carbocycles. The van der Waals surface area contributed by atoms with Crippen molar-refractivity contribution in [2.45, 2.75) is 37.1 Å². The van der Waals surface area contributed by atoms with Gasteiger partial charge in [0.2, 0.25) is 0 Å². The molecule has 0 bridgehead atoms. The molecule has 20 heavy (non-hydrogen) atoms. The topological polar surface area (TPSA) is 48.8 Å². The smallest absolute Gasteiger partial charge is 0.198 e. The van der Waals surface area contributed by atoms with Gasteiger partial charge in [0.15, 0.2) is 0 Å². The number of aryl methyl sites for hydroxylation is 1. The molecule has 0 spiro atoms. The second-order valence-corrected chi connectivity index (χ2v) is 4.85. The van der Waals surface area contributed by atoms with E-state index in [4.69, 9.17) is 5.53 Å². The van der Waals surface area contributed by atoms with Crippen molar-refractivity contribution in [3.63, 3.8) is 0 Å². The summed E-state index contributed by atoms with van der Waals surface area (Å²) >= 11 is 4.37. The van der Waals surface area contributed by atoms with E-state index in [1.807, 2.05) is 6.92 Å². The second kappa shape index (κ2) is 6.33. The molecule has 0 N–H and O–H groups in total. The minimum absolute atomic E-state index is 0.428. The van der Waals surface area contributed by atoms with Crippen LogP contribution in [0.2, 0.25) is 0 Å². The predicted octanol–water partition coefficient (Wildman–Crippen LogP) is 5.59. The lowest BCUT2D eigenvalue weighted by atomic mass is 9.99.